The Morgan fingerprint density at radius 1 is 1.32 bits per heavy atom. The van der Waals surface area contributed by atoms with E-state index in [4.69, 9.17) is 11.6 Å². The van der Waals surface area contributed by atoms with Crippen LogP contribution in [0.3, 0.4) is 0 Å². The van der Waals surface area contributed by atoms with Crippen molar-refractivity contribution in [3.63, 3.8) is 0 Å². The van der Waals surface area contributed by atoms with Crippen LogP contribution < -0.4 is 10.0 Å². The van der Waals surface area contributed by atoms with Gasteiger partial charge in [-0.2, -0.15) is 0 Å². The molecule has 0 radical (unpaired) electrons. The van der Waals surface area contributed by atoms with Crippen LogP contribution in [-0.4, -0.2) is 51.2 Å². The molecule has 0 saturated heterocycles. The van der Waals surface area contributed by atoms with Gasteiger partial charge in [-0.15, -0.1) is 24.0 Å². The maximum Gasteiger partial charge on any atom is 0.209 e. The second kappa shape index (κ2) is 10.5. The highest BCUT2D eigenvalue weighted by atomic mass is 127. The third kappa shape index (κ3) is 9.62. The van der Waals surface area contributed by atoms with Crippen LogP contribution in [0.5, 0.6) is 0 Å². The van der Waals surface area contributed by atoms with Crippen molar-refractivity contribution in [2.75, 3.05) is 26.4 Å². The molecule has 0 bridgehead atoms. The van der Waals surface area contributed by atoms with Gasteiger partial charge in [0.15, 0.2) is 5.96 Å². The summed E-state index contributed by atoms with van der Waals surface area (Å²) in [7, 11) is -1.37. The van der Waals surface area contributed by atoms with E-state index in [9.17, 15) is 8.42 Å². The van der Waals surface area contributed by atoms with E-state index >= 15 is 0 Å². The largest absolute Gasteiger partial charge is 0.357 e. The van der Waals surface area contributed by atoms with Crippen molar-refractivity contribution in [2.24, 2.45) is 4.99 Å². The third-order valence-electron chi connectivity index (χ3n) is 3.15. The first-order valence-corrected chi connectivity index (χ1v) is 10.0. The van der Waals surface area contributed by atoms with Crippen molar-refractivity contribution in [2.45, 2.75) is 32.9 Å². The summed E-state index contributed by atoms with van der Waals surface area (Å²) in [5.41, 5.74) is 0.334. The van der Waals surface area contributed by atoms with E-state index in [1.165, 1.54) is 0 Å². The molecule has 0 atom stereocenters. The van der Waals surface area contributed by atoms with Crippen LogP contribution in [0.25, 0.3) is 0 Å². The number of guanidine groups is 1. The fraction of sp³-hybridized carbons (Fsp3) is 0.562. The highest BCUT2D eigenvalue weighted by molar-refractivity contribution is 14.0. The zero-order chi connectivity index (χ0) is 18.4. The van der Waals surface area contributed by atoms with Gasteiger partial charge in [0.05, 0.1) is 12.8 Å². The van der Waals surface area contributed by atoms with Gasteiger partial charge in [0.1, 0.15) is 0 Å². The van der Waals surface area contributed by atoms with E-state index in [0.29, 0.717) is 30.6 Å². The van der Waals surface area contributed by atoms with Gasteiger partial charge in [0, 0.05) is 30.7 Å². The Kier molecular flexibility index (Phi) is 10.3. The summed E-state index contributed by atoms with van der Waals surface area (Å²) in [5.74, 6) is 0.695. The lowest BCUT2D eigenvalue weighted by atomic mass is 10.1. The quantitative estimate of drug-likeness (QED) is 0.342. The first-order chi connectivity index (χ1) is 11.0. The Balaban J connectivity index is 0.00000576. The molecular formula is C16H28ClIN4O2S. The number of hydrogen-bond donors (Lipinski definition) is 2. The van der Waals surface area contributed by atoms with E-state index in [0.717, 1.165) is 11.8 Å². The van der Waals surface area contributed by atoms with E-state index in [2.05, 4.69) is 15.0 Å². The van der Waals surface area contributed by atoms with Crippen LogP contribution in [0.1, 0.15) is 26.3 Å². The molecule has 144 valence electrons. The van der Waals surface area contributed by atoms with Crippen molar-refractivity contribution < 1.29 is 8.42 Å². The van der Waals surface area contributed by atoms with Gasteiger partial charge in [0.2, 0.25) is 10.0 Å². The Morgan fingerprint density at radius 2 is 1.92 bits per heavy atom. The van der Waals surface area contributed by atoms with Crippen LogP contribution in [0, 0.1) is 0 Å². The number of nitrogens with zero attached hydrogens (tertiary/aromatic N) is 2. The fourth-order valence-electron chi connectivity index (χ4n) is 2.23. The molecule has 6 nitrogen and oxygen atoms in total. The zero-order valence-electron chi connectivity index (χ0n) is 15.3. The van der Waals surface area contributed by atoms with E-state index in [1.807, 2.05) is 43.1 Å². The van der Waals surface area contributed by atoms with Crippen molar-refractivity contribution in [1.82, 2.24) is 14.9 Å². The molecule has 1 aromatic carbocycles. The molecule has 0 aliphatic heterocycles. The average molecular weight is 503 g/mol. The number of benzene rings is 1. The summed E-state index contributed by atoms with van der Waals surface area (Å²) < 4.78 is 25.4. The number of halogens is 2. The summed E-state index contributed by atoms with van der Waals surface area (Å²) >= 11 is 6.21. The molecule has 0 heterocycles. The number of hydrogen-bond acceptors (Lipinski definition) is 3. The Labute approximate surface area is 173 Å². The van der Waals surface area contributed by atoms with Crippen LogP contribution in [0.4, 0.5) is 0 Å². The van der Waals surface area contributed by atoms with Crippen molar-refractivity contribution in [3.05, 3.63) is 34.9 Å². The lowest BCUT2D eigenvalue weighted by Gasteiger charge is -2.26. The Morgan fingerprint density at radius 3 is 2.44 bits per heavy atom. The first kappa shape index (κ1) is 24.4. The minimum atomic E-state index is -3.29. The van der Waals surface area contributed by atoms with E-state index in [-0.39, 0.29) is 24.0 Å². The molecular weight excluding hydrogens is 475 g/mol. The van der Waals surface area contributed by atoms with Gasteiger partial charge in [-0.3, -0.25) is 4.99 Å². The van der Waals surface area contributed by atoms with Crippen LogP contribution >= 0.6 is 35.6 Å². The summed E-state index contributed by atoms with van der Waals surface area (Å²) in [5, 5.41) is 3.92. The molecule has 0 unspecified atom stereocenters. The highest BCUT2D eigenvalue weighted by Gasteiger charge is 2.22. The fourth-order valence-corrected chi connectivity index (χ4v) is 3.50. The van der Waals surface area contributed by atoms with Gasteiger partial charge in [-0.25, -0.2) is 13.1 Å². The van der Waals surface area contributed by atoms with Gasteiger partial charge in [0.25, 0.3) is 0 Å². The maximum atomic E-state index is 11.4. The summed E-state index contributed by atoms with van der Waals surface area (Å²) in [6.07, 6.45) is 1.15. The normalized spacial score (nSPS) is 12.5. The highest BCUT2D eigenvalue weighted by Crippen LogP contribution is 2.16. The predicted molar refractivity (Wildman–Crippen MR) is 116 cm³/mol. The summed E-state index contributed by atoms with van der Waals surface area (Å²) in [4.78, 5) is 6.52. The minimum absolute atomic E-state index is 0. The summed E-state index contributed by atoms with van der Waals surface area (Å²) in [6, 6.07) is 7.66. The molecule has 0 saturated carbocycles. The molecule has 1 aromatic rings. The molecule has 0 aliphatic carbocycles. The molecule has 0 aliphatic rings. The topological polar surface area (TPSA) is 73.8 Å². The lowest BCUT2D eigenvalue weighted by molar-refractivity contribution is 0.446. The molecule has 25 heavy (non-hydrogen) atoms. The number of nitrogens with one attached hydrogen (secondary N) is 2. The molecule has 2 N–H and O–H groups in total. The van der Waals surface area contributed by atoms with Crippen LogP contribution in [0.15, 0.2) is 29.3 Å². The van der Waals surface area contributed by atoms with E-state index in [1.54, 1.807) is 13.8 Å². The summed E-state index contributed by atoms with van der Waals surface area (Å²) in [6.45, 7) is 7.22. The number of rotatable bonds is 7. The molecule has 0 fully saturated rings. The Bertz CT molecular complexity index is 680. The van der Waals surface area contributed by atoms with Gasteiger partial charge in [-0.1, -0.05) is 29.8 Å². The third-order valence-corrected chi connectivity index (χ3v) is 4.44. The second-order valence-corrected chi connectivity index (χ2v) is 8.53. The zero-order valence-corrected chi connectivity index (χ0v) is 19.2. The molecule has 1 rings (SSSR count). The first-order valence-electron chi connectivity index (χ1n) is 7.76. The van der Waals surface area contributed by atoms with Crippen molar-refractivity contribution in [1.29, 1.82) is 0 Å². The predicted octanol–water partition coefficient (Wildman–Crippen LogP) is 2.68. The van der Waals surface area contributed by atoms with Crippen LogP contribution in [-0.2, 0) is 16.6 Å². The lowest BCUT2D eigenvalue weighted by Crippen LogP contribution is -2.46. The standard InChI is InChI=1S/C16H27ClN4O2S.HI/c1-6-18-15(19-12-16(2,3)20-24(5,22)23)21(4)11-13-9-7-8-10-14(13)17;/h7-10,20H,6,11-12H2,1-5H3,(H,18,19);1H. The van der Waals surface area contributed by atoms with Gasteiger partial charge >= 0.3 is 0 Å². The molecule has 0 spiro atoms. The maximum absolute atomic E-state index is 11.4. The number of aliphatic imine (C=N–C) groups is 1. The minimum Gasteiger partial charge on any atom is -0.357 e. The number of sulfonamides is 1. The van der Waals surface area contributed by atoms with Crippen molar-refractivity contribution in [3.8, 4) is 0 Å². The van der Waals surface area contributed by atoms with Gasteiger partial charge < -0.3 is 10.2 Å². The monoisotopic (exact) mass is 502 g/mol. The van der Waals surface area contributed by atoms with Gasteiger partial charge in [-0.05, 0) is 32.4 Å². The second-order valence-electron chi connectivity index (χ2n) is 6.38. The van der Waals surface area contributed by atoms with Crippen LogP contribution in [0.2, 0.25) is 5.02 Å². The molecule has 0 aromatic heterocycles. The molecule has 0 amide bonds. The van der Waals surface area contributed by atoms with E-state index < -0.39 is 15.6 Å². The average Bonchev–Trinajstić information content (AvgIpc) is 2.43. The Hall–Kier alpha value is -0.580. The van der Waals surface area contributed by atoms with Crippen molar-refractivity contribution >= 4 is 51.6 Å². The molecule has 9 heteroatoms. The smallest absolute Gasteiger partial charge is 0.209 e. The SMILES string of the molecule is CCNC(=NCC(C)(C)NS(C)(=O)=O)N(C)Cc1ccccc1Cl.I.